The summed E-state index contributed by atoms with van der Waals surface area (Å²) in [5, 5.41) is 10.7. The minimum Gasteiger partial charge on any atom is -0.345 e. The molecule has 26 heavy (non-hydrogen) atoms. The lowest BCUT2D eigenvalue weighted by Crippen LogP contribution is -2.22. The predicted molar refractivity (Wildman–Crippen MR) is 102 cm³/mol. The number of aromatic nitrogens is 4. The van der Waals surface area contributed by atoms with Gasteiger partial charge in [0.05, 0.1) is 6.54 Å². The molecule has 0 unspecified atom stereocenters. The van der Waals surface area contributed by atoms with Crippen LogP contribution in [0.25, 0.3) is 11.8 Å². The van der Waals surface area contributed by atoms with Gasteiger partial charge in [-0.25, -0.2) is 0 Å². The Morgan fingerprint density at radius 1 is 1.23 bits per heavy atom. The molecule has 0 aliphatic rings. The van der Waals surface area contributed by atoms with Gasteiger partial charge in [0.2, 0.25) is 5.91 Å². The van der Waals surface area contributed by atoms with E-state index >= 15 is 0 Å². The normalized spacial score (nSPS) is 11.2. The molecule has 134 valence electrons. The Labute approximate surface area is 153 Å². The Hall–Kier alpha value is -3.15. The number of nitrogens with zero attached hydrogens (tertiary/aromatic N) is 4. The van der Waals surface area contributed by atoms with E-state index in [1.54, 1.807) is 12.4 Å². The Bertz CT molecular complexity index is 921. The van der Waals surface area contributed by atoms with Gasteiger partial charge in [-0.05, 0) is 50.6 Å². The van der Waals surface area contributed by atoms with Crippen LogP contribution >= 0.6 is 0 Å². The molecule has 1 N–H and O–H groups in total. The van der Waals surface area contributed by atoms with Crippen molar-refractivity contribution < 1.29 is 4.79 Å². The molecule has 0 spiro atoms. The molecule has 0 aliphatic heterocycles. The van der Waals surface area contributed by atoms with Crippen molar-refractivity contribution in [3.8, 4) is 5.69 Å². The van der Waals surface area contributed by atoms with Gasteiger partial charge < -0.3 is 14.5 Å². The Kier molecular flexibility index (Phi) is 5.31. The predicted octanol–water partition coefficient (Wildman–Crippen LogP) is 3.04. The zero-order chi connectivity index (χ0) is 18.5. The summed E-state index contributed by atoms with van der Waals surface area (Å²) in [7, 11) is 0. The first-order chi connectivity index (χ1) is 12.6. The van der Waals surface area contributed by atoms with Crippen molar-refractivity contribution >= 4 is 12.0 Å². The quantitative estimate of drug-likeness (QED) is 0.696. The summed E-state index contributed by atoms with van der Waals surface area (Å²) in [6, 6.07) is 12.3. The van der Waals surface area contributed by atoms with Crippen molar-refractivity contribution in [2.75, 3.05) is 0 Å². The maximum absolute atomic E-state index is 12.1. The summed E-state index contributed by atoms with van der Waals surface area (Å²) in [5.74, 6) is 0.594. The first-order valence-electron chi connectivity index (χ1n) is 8.67. The van der Waals surface area contributed by atoms with Gasteiger partial charge in [0.1, 0.15) is 6.33 Å². The Balaban J connectivity index is 1.70. The number of nitrogens with one attached hydrogen (secondary N) is 1. The number of hydrogen-bond acceptors (Lipinski definition) is 3. The number of aryl methyl sites for hydroxylation is 2. The van der Waals surface area contributed by atoms with Crippen LogP contribution in [-0.4, -0.2) is 25.2 Å². The van der Waals surface area contributed by atoms with Gasteiger partial charge in [0.15, 0.2) is 5.82 Å². The van der Waals surface area contributed by atoms with Crippen molar-refractivity contribution in [3.05, 3.63) is 71.6 Å². The molecule has 2 heterocycles. The van der Waals surface area contributed by atoms with Crippen molar-refractivity contribution in [1.29, 1.82) is 0 Å². The highest BCUT2D eigenvalue weighted by Crippen LogP contribution is 2.21. The Morgan fingerprint density at radius 3 is 2.73 bits per heavy atom. The summed E-state index contributed by atoms with van der Waals surface area (Å²) in [6.07, 6.45) is 5.07. The number of amides is 1. The molecule has 6 heteroatoms. The fraction of sp³-hybridized carbons (Fsp3) is 0.250. The second kappa shape index (κ2) is 7.82. The molecule has 0 aliphatic carbocycles. The van der Waals surface area contributed by atoms with Gasteiger partial charge in [-0.15, -0.1) is 10.2 Å². The third kappa shape index (κ3) is 3.74. The standard InChI is InChI=1S/C20H23N5O/c1-4-24-14-22-23-19(24)13-21-20(26)11-10-17-12-15(2)25(16(17)3)18-8-6-5-7-9-18/h5-12,14H,4,13H2,1-3H3,(H,21,26)/b11-10-. The second-order valence-electron chi connectivity index (χ2n) is 6.08. The molecule has 6 nitrogen and oxygen atoms in total. The van der Waals surface area contributed by atoms with Crippen molar-refractivity contribution in [3.63, 3.8) is 0 Å². The minimum atomic E-state index is -0.153. The van der Waals surface area contributed by atoms with Crippen LogP contribution in [0.4, 0.5) is 0 Å². The van der Waals surface area contributed by atoms with E-state index in [-0.39, 0.29) is 5.91 Å². The summed E-state index contributed by atoms with van der Waals surface area (Å²) in [4.78, 5) is 12.1. The number of carbonyl (C=O) groups excluding carboxylic acids is 1. The van der Waals surface area contributed by atoms with Crippen molar-refractivity contribution in [1.82, 2.24) is 24.6 Å². The van der Waals surface area contributed by atoms with Crippen molar-refractivity contribution in [2.45, 2.75) is 33.9 Å². The smallest absolute Gasteiger partial charge is 0.244 e. The van der Waals surface area contributed by atoms with Crippen LogP contribution in [0, 0.1) is 13.8 Å². The average Bonchev–Trinajstić information content (AvgIpc) is 3.22. The Morgan fingerprint density at radius 2 is 2.00 bits per heavy atom. The molecular weight excluding hydrogens is 326 g/mol. The molecule has 0 saturated carbocycles. The molecule has 0 fully saturated rings. The first-order valence-corrected chi connectivity index (χ1v) is 8.67. The van der Waals surface area contributed by atoms with E-state index in [0.29, 0.717) is 6.54 Å². The largest absolute Gasteiger partial charge is 0.345 e. The van der Waals surface area contributed by atoms with Crippen LogP contribution in [0.5, 0.6) is 0 Å². The molecular formula is C20H23N5O. The van der Waals surface area contributed by atoms with Crippen molar-refractivity contribution in [2.24, 2.45) is 0 Å². The number of hydrogen-bond donors (Lipinski definition) is 1. The van der Waals surface area contributed by atoms with E-state index in [1.165, 1.54) is 0 Å². The van der Waals surface area contributed by atoms with E-state index in [2.05, 4.69) is 52.1 Å². The highest BCUT2D eigenvalue weighted by Gasteiger charge is 2.09. The zero-order valence-corrected chi connectivity index (χ0v) is 15.3. The highest BCUT2D eigenvalue weighted by molar-refractivity contribution is 5.91. The zero-order valence-electron chi connectivity index (χ0n) is 15.3. The van der Waals surface area contributed by atoms with Crippen LogP contribution in [0.1, 0.15) is 29.7 Å². The fourth-order valence-corrected chi connectivity index (χ4v) is 3.00. The summed E-state index contributed by atoms with van der Waals surface area (Å²) in [6.45, 7) is 7.27. The lowest BCUT2D eigenvalue weighted by atomic mass is 10.2. The van der Waals surface area contributed by atoms with Gasteiger partial charge in [-0.2, -0.15) is 0 Å². The molecule has 0 atom stereocenters. The van der Waals surface area contributed by atoms with E-state index in [0.717, 1.165) is 35.0 Å². The van der Waals surface area contributed by atoms with Gasteiger partial charge in [0, 0.05) is 29.7 Å². The van der Waals surface area contributed by atoms with E-state index in [1.807, 2.05) is 35.8 Å². The third-order valence-corrected chi connectivity index (χ3v) is 4.36. The van der Waals surface area contributed by atoms with Gasteiger partial charge in [0.25, 0.3) is 0 Å². The maximum atomic E-state index is 12.1. The molecule has 3 aromatic rings. The first kappa shape index (κ1) is 17.7. The van der Waals surface area contributed by atoms with Gasteiger partial charge >= 0.3 is 0 Å². The summed E-state index contributed by atoms with van der Waals surface area (Å²) < 4.78 is 4.08. The SMILES string of the molecule is CCn1cnnc1CNC(=O)/C=C\c1cc(C)n(-c2ccccc2)c1C. The molecule has 3 rings (SSSR count). The lowest BCUT2D eigenvalue weighted by Gasteiger charge is -2.09. The summed E-state index contributed by atoms with van der Waals surface area (Å²) in [5.41, 5.74) is 4.37. The minimum absolute atomic E-state index is 0.153. The highest BCUT2D eigenvalue weighted by atomic mass is 16.1. The van der Waals surface area contributed by atoms with Gasteiger partial charge in [-0.1, -0.05) is 18.2 Å². The molecule has 0 radical (unpaired) electrons. The maximum Gasteiger partial charge on any atom is 0.244 e. The van der Waals surface area contributed by atoms with Crippen LogP contribution in [0.3, 0.4) is 0 Å². The monoisotopic (exact) mass is 349 g/mol. The molecule has 2 aromatic heterocycles. The number of rotatable bonds is 6. The lowest BCUT2D eigenvalue weighted by molar-refractivity contribution is -0.116. The fourth-order valence-electron chi connectivity index (χ4n) is 3.00. The van der Waals surface area contributed by atoms with Crippen LogP contribution in [0.2, 0.25) is 0 Å². The van der Waals surface area contributed by atoms with E-state index in [4.69, 9.17) is 0 Å². The van der Waals surface area contributed by atoms with Crippen LogP contribution < -0.4 is 5.32 Å². The molecule has 1 aromatic carbocycles. The summed E-state index contributed by atoms with van der Waals surface area (Å²) >= 11 is 0. The molecule has 0 saturated heterocycles. The van der Waals surface area contributed by atoms with Crippen LogP contribution in [0.15, 0.2) is 48.8 Å². The second-order valence-corrected chi connectivity index (χ2v) is 6.08. The third-order valence-electron chi connectivity index (χ3n) is 4.36. The topological polar surface area (TPSA) is 64.7 Å². The van der Waals surface area contributed by atoms with E-state index in [9.17, 15) is 4.79 Å². The van der Waals surface area contributed by atoms with Gasteiger partial charge in [-0.3, -0.25) is 4.79 Å². The molecule has 0 bridgehead atoms. The average molecular weight is 349 g/mol. The number of benzene rings is 1. The molecule has 1 amide bonds. The number of para-hydroxylation sites is 1. The van der Waals surface area contributed by atoms with E-state index < -0.39 is 0 Å². The van der Waals surface area contributed by atoms with Crippen LogP contribution in [-0.2, 0) is 17.9 Å². The number of carbonyl (C=O) groups is 1.